The Hall–Kier alpha value is -3.38. The molecule has 0 fully saturated rings. The monoisotopic (exact) mass is 537 g/mol. The fraction of sp³-hybridized carbons (Fsp3) is 0.615. The summed E-state index contributed by atoms with van der Waals surface area (Å²) in [6.07, 6.45) is -2.36. The summed E-state index contributed by atoms with van der Waals surface area (Å²) in [4.78, 5) is 49.5. The SMILES string of the molecule is COC(=O)N[C@@H](C(=O)NNC[C@@H](O)[C@@H](Cc1ccccc1)NC(=O)[C@H](NC(=O)OC)C(C)(C)C)C(C)(C)C. The van der Waals surface area contributed by atoms with E-state index in [1.165, 1.54) is 14.2 Å². The zero-order valence-corrected chi connectivity index (χ0v) is 23.5. The quantitative estimate of drug-likeness (QED) is 0.229. The number of methoxy groups -OCH3 is 2. The Morgan fingerprint density at radius 3 is 1.71 bits per heavy atom. The van der Waals surface area contributed by atoms with Crippen LogP contribution < -0.4 is 26.8 Å². The van der Waals surface area contributed by atoms with E-state index >= 15 is 0 Å². The molecule has 0 unspecified atom stereocenters. The van der Waals surface area contributed by atoms with Crippen molar-refractivity contribution in [1.29, 1.82) is 0 Å². The van der Waals surface area contributed by atoms with Gasteiger partial charge in [0.25, 0.3) is 5.91 Å². The molecule has 6 N–H and O–H groups in total. The topological polar surface area (TPSA) is 167 Å². The number of hydrogen-bond acceptors (Lipinski definition) is 8. The van der Waals surface area contributed by atoms with Gasteiger partial charge in [-0.1, -0.05) is 71.9 Å². The zero-order chi connectivity index (χ0) is 29.1. The molecule has 38 heavy (non-hydrogen) atoms. The van der Waals surface area contributed by atoms with Gasteiger partial charge in [-0.2, -0.15) is 0 Å². The maximum Gasteiger partial charge on any atom is 0.407 e. The summed E-state index contributed by atoms with van der Waals surface area (Å²) in [5.74, 6) is -1.03. The zero-order valence-electron chi connectivity index (χ0n) is 23.5. The molecule has 1 aromatic rings. The summed E-state index contributed by atoms with van der Waals surface area (Å²) >= 11 is 0. The molecule has 0 radical (unpaired) electrons. The van der Waals surface area contributed by atoms with Crippen molar-refractivity contribution in [2.45, 2.75) is 72.2 Å². The smallest absolute Gasteiger partial charge is 0.407 e. The van der Waals surface area contributed by atoms with Crippen molar-refractivity contribution in [2.75, 3.05) is 20.8 Å². The van der Waals surface area contributed by atoms with Gasteiger partial charge in [0, 0.05) is 6.54 Å². The highest BCUT2D eigenvalue weighted by atomic mass is 16.5. The minimum absolute atomic E-state index is 0.122. The molecule has 4 amide bonds. The van der Waals surface area contributed by atoms with Crippen LogP contribution >= 0.6 is 0 Å². The van der Waals surface area contributed by atoms with Crippen molar-refractivity contribution in [2.24, 2.45) is 10.8 Å². The number of rotatable bonds is 11. The molecule has 0 aliphatic rings. The Morgan fingerprint density at radius 1 is 0.789 bits per heavy atom. The van der Waals surface area contributed by atoms with E-state index in [1.54, 1.807) is 41.5 Å². The van der Waals surface area contributed by atoms with Crippen molar-refractivity contribution < 1.29 is 33.8 Å². The molecule has 0 aromatic heterocycles. The van der Waals surface area contributed by atoms with E-state index in [0.29, 0.717) is 0 Å². The minimum atomic E-state index is -1.14. The molecule has 0 saturated carbocycles. The normalized spacial score (nSPS) is 14.8. The van der Waals surface area contributed by atoms with Crippen LogP contribution in [0.1, 0.15) is 47.1 Å². The number of ether oxygens (including phenoxy) is 2. The van der Waals surface area contributed by atoms with Gasteiger partial charge in [-0.15, -0.1) is 0 Å². The molecule has 4 atom stereocenters. The van der Waals surface area contributed by atoms with Gasteiger partial charge < -0.3 is 30.5 Å². The largest absolute Gasteiger partial charge is 0.453 e. The summed E-state index contributed by atoms with van der Waals surface area (Å²) in [7, 11) is 2.41. The number of hydrogen-bond donors (Lipinski definition) is 6. The highest BCUT2D eigenvalue weighted by molar-refractivity contribution is 5.87. The van der Waals surface area contributed by atoms with Crippen LogP contribution in [0.5, 0.6) is 0 Å². The molecule has 1 rings (SSSR count). The summed E-state index contributed by atoms with van der Waals surface area (Å²) in [5.41, 5.74) is 4.77. The van der Waals surface area contributed by atoms with Crippen molar-refractivity contribution in [3.8, 4) is 0 Å². The van der Waals surface area contributed by atoms with Crippen LogP contribution in [0.25, 0.3) is 0 Å². The first-order chi connectivity index (χ1) is 17.6. The standard InChI is InChI=1S/C26H43N5O7/c1-25(2,3)19(29-23(35)37-7)21(33)28-17(14-16-12-10-9-11-13-16)18(32)15-27-31-22(34)20(26(4,5)6)30-24(36)38-8/h9-13,17-20,27,32H,14-15H2,1-8H3,(H,28,33)(H,29,35)(H,30,36)(H,31,34)/t17-,18-,19+,20+/m1/s1. The average molecular weight is 538 g/mol. The number of aliphatic hydroxyl groups excluding tert-OH is 1. The molecule has 0 bridgehead atoms. The fourth-order valence-electron chi connectivity index (χ4n) is 3.58. The summed E-state index contributed by atoms with van der Waals surface area (Å²) in [6.45, 7) is 10.6. The van der Waals surface area contributed by atoms with Gasteiger partial charge >= 0.3 is 12.2 Å². The fourth-order valence-corrected chi connectivity index (χ4v) is 3.58. The molecule has 0 saturated heterocycles. The Labute approximate surface area is 224 Å². The predicted molar refractivity (Wildman–Crippen MR) is 142 cm³/mol. The number of amides is 4. The van der Waals surface area contributed by atoms with Crippen molar-refractivity contribution >= 4 is 24.0 Å². The number of hydrazine groups is 1. The highest BCUT2D eigenvalue weighted by Crippen LogP contribution is 2.21. The third-order valence-corrected chi connectivity index (χ3v) is 5.76. The maximum atomic E-state index is 13.2. The first kappa shape index (κ1) is 32.6. The maximum absolute atomic E-state index is 13.2. The molecule has 0 heterocycles. The van der Waals surface area contributed by atoms with Gasteiger partial charge in [0.1, 0.15) is 12.1 Å². The number of aliphatic hydroxyl groups is 1. The number of carbonyl (C=O) groups excluding carboxylic acids is 4. The number of benzene rings is 1. The highest BCUT2D eigenvalue weighted by Gasteiger charge is 2.36. The third-order valence-electron chi connectivity index (χ3n) is 5.76. The van der Waals surface area contributed by atoms with Gasteiger partial charge in [-0.3, -0.25) is 15.0 Å². The van der Waals surface area contributed by atoms with Gasteiger partial charge in [0.05, 0.1) is 26.4 Å². The van der Waals surface area contributed by atoms with Crippen LogP contribution in [0, 0.1) is 10.8 Å². The van der Waals surface area contributed by atoms with Crippen molar-refractivity contribution in [3.63, 3.8) is 0 Å². The second kappa shape index (κ2) is 14.5. The lowest BCUT2D eigenvalue weighted by Crippen LogP contribution is -2.60. The molecular weight excluding hydrogens is 494 g/mol. The van der Waals surface area contributed by atoms with E-state index in [0.717, 1.165) is 5.56 Å². The van der Waals surface area contributed by atoms with Gasteiger partial charge in [0.15, 0.2) is 0 Å². The average Bonchev–Trinajstić information content (AvgIpc) is 2.83. The number of nitrogens with one attached hydrogen (secondary N) is 5. The second-order valence-corrected chi connectivity index (χ2v) is 11.1. The van der Waals surface area contributed by atoms with Crippen LogP contribution in [-0.4, -0.2) is 74.1 Å². The Morgan fingerprint density at radius 2 is 1.26 bits per heavy atom. The molecular formula is C26H43N5O7. The van der Waals surface area contributed by atoms with E-state index in [4.69, 9.17) is 0 Å². The number of carbonyl (C=O) groups is 4. The van der Waals surface area contributed by atoms with Crippen LogP contribution in [-0.2, 0) is 25.5 Å². The van der Waals surface area contributed by atoms with Crippen molar-refractivity contribution in [1.82, 2.24) is 26.8 Å². The third kappa shape index (κ3) is 10.9. The van der Waals surface area contributed by atoms with Gasteiger partial charge in [0.2, 0.25) is 5.91 Å². The molecule has 12 nitrogen and oxygen atoms in total. The first-order valence-corrected chi connectivity index (χ1v) is 12.3. The van der Waals surface area contributed by atoms with E-state index in [2.05, 4.69) is 36.3 Å². The number of alkyl carbamates (subject to hydrolysis) is 2. The van der Waals surface area contributed by atoms with E-state index < -0.39 is 59.1 Å². The second-order valence-electron chi connectivity index (χ2n) is 11.1. The summed E-state index contributed by atoms with van der Waals surface area (Å²) < 4.78 is 9.26. The molecule has 0 aliphatic carbocycles. The Kier molecular flexibility index (Phi) is 12.5. The minimum Gasteiger partial charge on any atom is -0.453 e. The Balaban J connectivity index is 2.99. The predicted octanol–water partition coefficient (Wildman–Crippen LogP) is 1.24. The molecule has 1 aromatic carbocycles. The Bertz CT molecular complexity index is 928. The van der Waals surface area contributed by atoms with Crippen LogP contribution in [0.3, 0.4) is 0 Å². The molecule has 12 heteroatoms. The lowest BCUT2D eigenvalue weighted by molar-refractivity contribution is -0.128. The summed E-state index contributed by atoms with van der Waals surface area (Å²) in [6, 6.07) is 6.64. The lowest BCUT2D eigenvalue weighted by Gasteiger charge is -2.33. The van der Waals surface area contributed by atoms with Gasteiger partial charge in [-0.25, -0.2) is 15.0 Å². The molecule has 214 valence electrons. The van der Waals surface area contributed by atoms with Crippen LogP contribution in [0.4, 0.5) is 9.59 Å². The van der Waals surface area contributed by atoms with E-state index in [1.807, 2.05) is 30.3 Å². The lowest BCUT2D eigenvalue weighted by atomic mass is 9.85. The molecule has 0 spiro atoms. The molecule has 0 aliphatic heterocycles. The van der Waals surface area contributed by atoms with Crippen LogP contribution in [0.15, 0.2) is 30.3 Å². The summed E-state index contributed by atoms with van der Waals surface area (Å²) in [5, 5.41) is 18.9. The first-order valence-electron chi connectivity index (χ1n) is 12.3. The van der Waals surface area contributed by atoms with E-state index in [9.17, 15) is 24.3 Å². The van der Waals surface area contributed by atoms with Crippen LogP contribution in [0.2, 0.25) is 0 Å². The van der Waals surface area contributed by atoms with Crippen molar-refractivity contribution in [3.05, 3.63) is 35.9 Å². The van der Waals surface area contributed by atoms with E-state index in [-0.39, 0.29) is 13.0 Å². The van der Waals surface area contributed by atoms with Gasteiger partial charge in [-0.05, 0) is 22.8 Å².